The van der Waals surface area contributed by atoms with Crippen molar-refractivity contribution in [2.45, 2.75) is 6.61 Å². The first-order valence-corrected chi connectivity index (χ1v) is 9.54. The minimum Gasteiger partial charge on any atom is -0.468 e. The van der Waals surface area contributed by atoms with Crippen LogP contribution in [0.1, 0.15) is 5.82 Å². The first kappa shape index (κ1) is 16.6. The molecule has 5 rings (SSSR count). The van der Waals surface area contributed by atoms with Gasteiger partial charge in [-0.05, 0) is 23.1 Å². The molecule has 0 unspecified atom stereocenters. The maximum absolute atomic E-state index is 6.02. The van der Waals surface area contributed by atoms with E-state index >= 15 is 0 Å². The fraction of sp³-hybridized carbons (Fsp3) is 0.105. The molecule has 0 amide bonds. The summed E-state index contributed by atoms with van der Waals surface area (Å²) in [5.41, 5.74) is 3.45. The van der Waals surface area contributed by atoms with E-state index in [2.05, 4.69) is 20.3 Å². The molecule has 0 radical (unpaired) electrons. The van der Waals surface area contributed by atoms with Gasteiger partial charge in [0.15, 0.2) is 23.9 Å². The molecule has 9 heteroatoms. The topological polar surface area (TPSA) is 83.0 Å². The number of aromatic nitrogens is 7. The minimum absolute atomic E-state index is 0.217. The highest BCUT2D eigenvalue weighted by molar-refractivity contribution is 7.08. The third-order valence-corrected chi connectivity index (χ3v) is 4.89. The Bertz CT molecular complexity index is 1230. The van der Waals surface area contributed by atoms with Gasteiger partial charge in [-0.2, -0.15) is 21.0 Å². The van der Waals surface area contributed by atoms with Crippen LogP contribution in [0.25, 0.3) is 28.2 Å². The van der Waals surface area contributed by atoms with E-state index < -0.39 is 0 Å². The van der Waals surface area contributed by atoms with Crippen molar-refractivity contribution >= 4 is 17.0 Å². The van der Waals surface area contributed by atoms with Crippen molar-refractivity contribution in [1.29, 1.82) is 0 Å². The number of hydrogen-bond donors (Lipinski definition) is 0. The number of fused-ring (bicyclic) bond motifs is 1. The molecule has 0 saturated carbocycles. The highest BCUT2D eigenvalue weighted by Gasteiger charge is 2.17. The van der Waals surface area contributed by atoms with Gasteiger partial charge >= 0.3 is 0 Å². The molecule has 0 aliphatic carbocycles. The van der Waals surface area contributed by atoms with Crippen molar-refractivity contribution in [3.8, 4) is 28.4 Å². The molecule has 0 spiro atoms. The molecule has 28 heavy (non-hydrogen) atoms. The Labute approximate surface area is 164 Å². The minimum atomic E-state index is 0.217. The fourth-order valence-electron chi connectivity index (χ4n) is 2.90. The van der Waals surface area contributed by atoms with E-state index in [4.69, 9.17) is 9.84 Å². The van der Waals surface area contributed by atoms with Gasteiger partial charge in [0.25, 0.3) is 0 Å². The van der Waals surface area contributed by atoms with E-state index in [1.807, 2.05) is 60.3 Å². The zero-order chi connectivity index (χ0) is 18.9. The van der Waals surface area contributed by atoms with E-state index in [0.29, 0.717) is 23.2 Å². The number of rotatable bonds is 5. The van der Waals surface area contributed by atoms with Crippen molar-refractivity contribution in [2.75, 3.05) is 0 Å². The number of nitrogens with zero attached hydrogens (tertiary/aromatic N) is 7. The van der Waals surface area contributed by atoms with Crippen LogP contribution in [0.4, 0.5) is 0 Å². The maximum atomic E-state index is 6.02. The second-order valence-electron chi connectivity index (χ2n) is 6.16. The molecule has 0 saturated heterocycles. The molecular weight excluding hydrogens is 374 g/mol. The summed E-state index contributed by atoms with van der Waals surface area (Å²) in [5.74, 6) is 1.74. The third-order valence-electron chi connectivity index (χ3n) is 4.21. The van der Waals surface area contributed by atoms with Crippen LogP contribution in [0.2, 0.25) is 0 Å². The standard InChI is InChI=1S/C19H15N7OS/c1-25-12-20-16(23-25)10-27-19-15(13-5-3-2-4-6-13)9-17-21-22-18(26(17)24-19)14-7-8-28-11-14/h2-9,11-12H,10H2,1H3. The lowest BCUT2D eigenvalue weighted by Crippen LogP contribution is -2.05. The molecule has 0 aliphatic rings. The largest absolute Gasteiger partial charge is 0.468 e. The van der Waals surface area contributed by atoms with Crippen molar-refractivity contribution in [2.24, 2.45) is 7.05 Å². The van der Waals surface area contributed by atoms with E-state index in [1.165, 1.54) is 0 Å². The van der Waals surface area contributed by atoms with Crippen LogP contribution in [0.5, 0.6) is 5.88 Å². The van der Waals surface area contributed by atoms with Crippen molar-refractivity contribution in [3.63, 3.8) is 0 Å². The highest BCUT2D eigenvalue weighted by atomic mass is 32.1. The number of aryl methyl sites for hydroxylation is 1. The number of thiophene rings is 1. The molecule has 0 bridgehead atoms. The molecule has 138 valence electrons. The first-order valence-electron chi connectivity index (χ1n) is 8.60. The van der Waals surface area contributed by atoms with Gasteiger partial charge in [0, 0.05) is 23.6 Å². The van der Waals surface area contributed by atoms with E-state index in [9.17, 15) is 0 Å². The summed E-state index contributed by atoms with van der Waals surface area (Å²) in [5, 5.41) is 21.6. The molecule has 0 aliphatic heterocycles. The van der Waals surface area contributed by atoms with Gasteiger partial charge in [0.2, 0.25) is 5.88 Å². The molecule has 5 aromatic rings. The van der Waals surface area contributed by atoms with E-state index in [0.717, 1.165) is 16.7 Å². The zero-order valence-electron chi connectivity index (χ0n) is 14.9. The Balaban J connectivity index is 1.62. The summed E-state index contributed by atoms with van der Waals surface area (Å²) in [4.78, 5) is 4.21. The average Bonchev–Trinajstić information content (AvgIpc) is 3.47. The normalized spacial score (nSPS) is 11.2. The van der Waals surface area contributed by atoms with E-state index in [1.54, 1.807) is 26.9 Å². The van der Waals surface area contributed by atoms with Crippen molar-refractivity contribution in [1.82, 2.24) is 34.6 Å². The number of ether oxygens (including phenoxy) is 1. The van der Waals surface area contributed by atoms with Crippen LogP contribution >= 0.6 is 11.3 Å². The summed E-state index contributed by atoms with van der Waals surface area (Å²) in [6.45, 7) is 0.217. The number of hydrogen-bond acceptors (Lipinski definition) is 7. The van der Waals surface area contributed by atoms with Gasteiger partial charge in [0.1, 0.15) is 6.33 Å². The summed E-state index contributed by atoms with van der Waals surface area (Å²) >= 11 is 1.60. The zero-order valence-corrected chi connectivity index (χ0v) is 15.7. The molecule has 0 fully saturated rings. The van der Waals surface area contributed by atoms with Crippen LogP contribution in [-0.2, 0) is 13.7 Å². The Kier molecular flexibility index (Phi) is 4.06. The van der Waals surface area contributed by atoms with Gasteiger partial charge in [-0.15, -0.1) is 15.3 Å². The van der Waals surface area contributed by atoms with Crippen molar-refractivity contribution < 1.29 is 4.74 Å². The molecule has 0 atom stereocenters. The second kappa shape index (κ2) is 6.86. The molecule has 4 heterocycles. The second-order valence-corrected chi connectivity index (χ2v) is 6.94. The first-order chi connectivity index (χ1) is 13.8. The summed E-state index contributed by atoms with van der Waals surface area (Å²) < 4.78 is 9.36. The summed E-state index contributed by atoms with van der Waals surface area (Å²) in [7, 11) is 1.82. The number of benzene rings is 1. The van der Waals surface area contributed by atoms with E-state index in [-0.39, 0.29) is 6.61 Å². The monoisotopic (exact) mass is 389 g/mol. The van der Waals surface area contributed by atoms with Crippen LogP contribution < -0.4 is 4.74 Å². The van der Waals surface area contributed by atoms with Gasteiger partial charge in [-0.3, -0.25) is 4.68 Å². The Hall–Kier alpha value is -3.59. The Morgan fingerprint density at radius 3 is 2.68 bits per heavy atom. The fourth-order valence-corrected chi connectivity index (χ4v) is 3.54. The predicted molar refractivity (Wildman–Crippen MR) is 105 cm³/mol. The molecular formula is C19H15N7OS. The van der Waals surface area contributed by atoms with Gasteiger partial charge in [0.05, 0.1) is 0 Å². The molecule has 4 aromatic heterocycles. The maximum Gasteiger partial charge on any atom is 0.240 e. The quantitative estimate of drug-likeness (QED) is 0.459. The molecule has 8 nitrogen and oxygen atoms in total. The van der Waals surface area contributed by atoms with Gasteiger partial charge in [-0.25, -0.2) is 4.98 Å². The lowest BCUT2D eigenvalue weighted by atomic mass is 10.1. The Morgan fingerprint density at radius 2 is 1.93 bits per heavy atom. The van der Waals surface area contributed by atoms with Crippen molar-refractivity contribution in [3.05, 3.63) is 65.4 Å². The summed E-state index contributed by atoms with van der Waals surface area (Å²) in [6, 6.07) is 13.9. The highest BCUT2D eigenvalue weighted by Crippen LogP contribution is 2.31. The average molecular weight is 389 g/mol. The Morgan fingerprint density at radius 1 is 1.04 bits per heavy atom. The van der Waals surface area contributed by atoms with Crippen LogP contribution in [-0.4, -0.2) is 34.6 Å². The van der Waals surface area contributed by atoms with Crippen LogP contribution in [0.3, 0.4) is 0 Å². The van der Waals surface area contributed by atoms with Gasteiger partial charge < -0.3 is 4.74 Å². The lowest BCUT2D eigenvalue weighted by molar-refractivity contribution is 0.281. The summed E-state index contributed by atoms with van der Waals surface area (Å²) in [6.07, 6.45) is 1.64. The predicted octanol–water partition coefficient (Wildman–Crippen LogP) is 3.23. The molecule has 0 N–H and O–H groups in total. The molecule has 1 aromatic carbocycles. The van der Waals surface area contributed by atoms with Gasteiger partial charge in [-0.1, -0.05) is 30.3 Å². The smallest absolute Gasteiger partial charge is 0.240 e. The van der Waals surface area contributed by atoms with Crippen LogP contribution in [0, 0.1) is 0 Å². The van der Waals surface area contributed by atoms with Crippen LogP contribution in [0.15, 0.2) is 59.6 Å². The third kappa shape index (κ3) is 3.01. The lowest BCUT2D eigenvalue weighted by Gasteiger charge is -2.10. The SMILES string of the molecule is Cn1cnc(COc2nn3c(-c4ccsc4)nnc3cc2-c2ccccc2)n1.